The Bertz CT molecular complexity index is 629. The first kappa shape index (κ1) is 14.0. The second kappa shape index (κ2) is 6.14. The van der Waals surface area contributed by atoms with E-state index in [2.05, 4.69) is 5.32 Å². The summed E-state index contributed by atoms with van der Waals surface area (Å²) in [6, 6.07) is 10.3. The van der Waals surface area contributed by atoms with E-state index in [4.69, 9.17) is 5.73 Å². The predicted octanol–water partition coefficient (Wildman–Crippen LogP) is 2.41. The van der Waals surface area contributed by atoms with Gasteiger partial charge in [0.25, 0.3) is 0 Å². The number of hydrogen-bond donors (Lipinski definition) is 2. The molecule has 0 fully saturated rings. The van der Waals surface area contributed by atoms with Gasteiger partial charge in [-0.15, -0.1) is 0 Å². The smallest absolute Gasteiger partial charge is 0.224 e. The number of amides is 1. The first-order valence-electron chi connectivity index (χ1n) is 6.10. The fourth-order valence-electron chi connectivity index (χ4n) is 1.79. The van der Waals surface area contributed by atoms with Crippen molar-refractivity contribution in [1.82, 2.24) is 5.32 Å². The van der Waals surface area contributed by atoms with Gasteiger partial charge in [-0.3, -0.25) is 4.79 Å². The van der Waals surface area contributed by atoms with E-state index in [1.54, 1.807) is 24.3 Å². The van der Waals surface area contributed by atoms with Gasteiger partial charge in [0.1, 0.15) is 11.6 Å². The van der Waals surface area contributed by atoms with Gasteiger partial charge in [-0.2, -0.15) is 0 Å². The van der Waals surface area contributed by atoms with Crippen LogP contribution in [0.25, 0.3) is 0 Å². The Morgan fingerprint density at radius 2 is 1.85 bits per heavy atom. The zero-order valence-corrected chi connectivity index (χ0v) is 10.7. The van der Waals surface area contributed by atoms with Crippen LogP contribution in [-0.2, 0) is 17.8 Å². The molecule has 1 amide bonds. The van der Waals surface area contributed by atoms with Crippen LogP contribution in [-0.4, -0.2) is 5.91 Å². The number of hydrogen-bond acceptors (Lipinski definition) is 2. The Morgan fingerprint density at radius 1 is 1.10 bits per heavy atom. The number of carbonyl (C=O) groups is 1. The highest BCUT2D eigenvalue weighted by atomic mass is 19.1. The standard InChI is InChI=1S/C15H14F2N2O/c16-12-6-5-11(13(17)8-12)9-19-15(20)7-10-3-1-2-4-14(10)18/h1-6,8H,7,9,18H2,(H,19,20). The highest BCUT2D eigenvalue weighted by Gasteiger charge is 2.08. The first-order chi connectivity index (χ1) is 9.56. The van der Waals surface area contributed by atoms with Gasteiger partial charge in [-0.1, -0.05) is 24.3 Å². The molecule has 2 aromatic rings. The SMILES string of the molecule is Nc1ccccc1CC(=O)NCc1ccc(F)cc1F. The van der Waals surface area contributed by atoms with E-state index in [9.17, 15) is 13.6 Å². The second-order valence-corrected chi connectivity index (χ2v) is 4.39. The van der Waals surface area contributed by atoms with Crippen molar-refractivity contribution >= 4 is 11.6 Å². The number of anilines is 1. The van der Waals surface area contributed by atoms with Crippen molar-refractivity contribution in [3.05, 3.63) is 65.2 Å². The van der Waals surface area contributed by atoms with Gasteiger partial charge in [0.2, 0.25) is 5.91 Å². The number of halogens is 2. The Balaban J connectivity index is 1.94. The number of nitrogen functional groups attached to an aromatic ring is 1. The van der Waals surface area contributed by atoms with E-state index in [-0.39, 0.29) is 24.4 Å². The van der Waals surface area contributed by atoms with E-state index >= 15 is 0 Å². The molecule has 0 unspecified atom stereocenters. The molecule has 0 spiro atoms. The maximum atomic E-state index is 13.4. The molecule has 0 atom stereocenters. The highest BCUT2D eigenvalue weighted by molar-refractivity contribution is 5.80. The Kier molecular flexibility index (Phi) is 4.30. The predicted molar refractivity (Wildman–Crippen MR) is 72.8 cm³/mol. The largest absolute Gasteiger partial charge is 0.398 e. The van der Waals surface area contributed by atoms with E-state index < -0.39 is 11.6 Å². The Hall–Kier alpha value is -2.43. The van der Waals surface area contributed by atoms with Gasteiger partial charge >= 0.3 is 0 Å². The lowest BCUT2D eigenvalue weighted by atomic mass is 10.1. The van der Waals surface area contributed by atoms with Crippen LogP contribution in [0, 0.1) is 11.6 Å². The number of nitrogens with two attached hydrogens (primary N) is 1. The summed E-state index contributed by atoms with van der Waals surface area (Å²) in [4.78, 5) is 11.8. The number of rotatable bonds is 4. The van der Waals surface area contributed by atoms with Crippen LogP contribution in [0.3, 0.4) is 0 Å². The van der Waals surface area contributed by atoms with Crippen LogP contribution in [0.5, 0.6) is 0 Å². The molecule has 104 valence electrons. The average Bonchev–Trinajstić information content (AvgIpc) is 2.40. The Morgan fingerprint density at radius 3 is 2.55 bits per heavy atom. The molecule has 0 bridgehead atoms. The normalized spacial score (nSPS) is 10.3. The lowest BCUT2D eigenvalue weighted by Crippen LogP contribution is -2.25. The van der Waals surface area contributed by atoms with Crippen molar-refractivity contribution in [3.8, 4) is 0 Å². The van der Waals surface area contributed by atoms with Crippen LogP contribution in [0.1, 0.15) is 11.1 Å². The van der Waals surface area contributed by atoms with Gasteiger partial charge in [-0.25, -0.2) is 8.78 Å². The number of para-hydroxylation sites is 1. The van der Waals surface area contributed by atoms with Crippen molar-refractivity contribution in [2.75, 3.05) is 5.73 Å². The number of carbonyl (C=O) groups excluding carboxylic acids is 1. The second-order valence-electron chi connectivity index (χ2n) is 4.39. The third-order valence-corrected chi connectivity index (χ3v) is 2.90. The molecule has 2 rings (SSSR count). The molecular weight excluding hydrogens is 262 g/mol. The average molecular weight is 276 g/mol. The molecule has 0 aliphatic carbocycles. The van der Waals surface area contributed by atoms with Gasteiger partial charge < -0.3 is 11.1 Å². The molecule has 0 aliphatic rings. The zero-order valence-electron chi connectivity index (χ0n) is 10.7. The van der Waals surface area contributed by atoms with E-state index in [0.29, 0.717) is 11.3 Å². The first-order valence-corrected chi connectivity index (χ1v) is 6.10. The lowest BCUT2D eigenvalue weighted by Gasteiger charge is -2.08. The zero-order chi connectivity index (χ0) is 14.5. The Labute approximate surface area is 115 Å². The third kappa shape index (κ3) is 3.54. The summed E-state index contributed by atoms with van der Waals surface area (Å²) in [5.74, 6) is -1.59. The maximum Gasteiger partial charge on any atom is 0.224 e. The minimum atomic E-state index is -0.676. The highest BCUT2D eigenvalue weighted by Crippen LogP contribution is 2.12. The fraction of sp³-hybridized carbons (Fsp3) is 0.133. The molecule has 0 heterocycles. The summed E-state index contributed by atoms with van der Waals surface area (Å²) in [6.45, 7) is 0.0116. The quantitative estimate of drug-likeness (QED) is 0.843. The monoisotopic (exact) mass is 276 g/mol. The molecule has 0 aliphatic heterocycles. The van der Waals surface area contributed by atoms with Gasteiger partial charge in [0.05, 0.1) is 6.42 Å². The van der Waals surface area contributed by atoms with Crippen LogP contribution >= 0.6 is 0 Å². The van der Waals surface area contributed by atoms with Crippen molar-refractivity contribution in [3.63, 3.8) is 0 Å². The molecule has 20 heavy (non-hydrogen) atoms. The van der Waals surface area contributed by atoms with E-state index in [1.807, 2.05) is 0 Å². The van der Waals surface area contributed by atoms with Crippen LogP contribution in [0.4, 0.5) is 14.5 Å². The molecule has 0 saturated carbocycles. The number of nitrogens with one attached hydrogen (secondary N) is 1. The number of benzene rings is 2. The minimum Gasteiger partial charge on any atom is -0.398 e. The molecule has 3 N–H and O–H groups in total. The van der Waals surface area contributed by atoms with Crippen molar-refractivity contribution in [1.29, 1.82) is 0 Å². The molecule has 5 heteroatoms. The summed E-state index contributed by atoms with van der Waals surface area (Å²) >= 11 is 0. The van der Waals surface area contributed by atoms with E-state index in [1.165, 1.54) is 6.07 Å². The molecule has 2 aromatic carbocycles. The summed E-state index contributed by atoms with van der Waals surface area (Å²) in [5, 5.41) is 2.58. The van der Waals surface area contributed by atoms with E-state index in [0.717, 1.165) is 12.1 Å². The molecule has 0 aromatic heterocycles. The van der Waals surface area contributed by atoms with Crippen molar-refractivity contribution in [2.24, 2.45) is 0 Å². The fourth-order valence-corrected chi connectivity index (χ4v) is 1.79. The third-order valence-electron chi connectivity index (χ3n) is 2.90. The van der Waals surface area contributed by atoms with Crippen LogP contribution < -0.4 is 11.1 Å². The summed E-state index contributed by atoms with van der Waals surface area (Å²) in [6.07, 6.45) is 0.121. The molecule has 0 saturated heterocycles. The van der Waals surface area contributed by atoms with Crippen molar-refractivity contribution in [2.45, 2.75) is 13.0 Å². The summed E-state index contributed by atoms with van der Waals surface area (Å²) < 4.78 is 26.1. The van der Waals surface area contributed by atoms with Gasteiger partial charge in [0.15, 0.2) is 0 Å². The summed E-state index contributed by atoms with van der Waals surface area (Å²) in [5.41, 5.74) is 7.22. The summed E-state index contributed by atoms with van der Waals surface area (Å²) in [7, 11) is 0. The molecular formula is C15H14F2N2O. The van der Waals surface area contributed by atoms with Crippen LogP contribution in [0.15, 0.2) is 42.5 Å². The minimum absolute atomic E-state index is 0.0116. The van der Waals surface area contributed by atoms with Crippen LogP contribution in [0.2, 0.25) is 0 Å². The van der Waals surface area contributed by atoms with Gasteiger partial charge in [0, 0.05) is 23.9 Å². The maximum absolute atomic E-state index is 13.4. The molecule has 0 radical (unpaired) electrons. The molecule has 3 nitrogen and oxygen atoms in total. The van der Waals surface area contributed by atoms with Gasteiger partial charge in [-0.05, 0) is 17.7 Å². The van der Waals surface area contributed by atoms with Crippen molar-refractivity contribution < 1.29 is 13.6 Å². The topological polar surface area (TPSA) is 55.1 Å². The lowest BCUT2D eigenvalue weighted by molar-refractivity contribution is -0.120.